The maximum absolute atomic E-state index is 2.28. The Labute approximate surface area is 75.7 Å². The number of rotatable bonds is 2. The van der Waals surface area contributed by atoms with Crippen molar-refractivity contribution in [1.82, 2.24) is 0 Å². The van der Waals surface area contributed by atoms with Crippen LogP contribution in [0.25, 0.3) is 0 Å². The second-order valence-corrected chi connectivity index (χ2v) is 3.27. The Morgan fingerprint density at radius 1 is 1.42 bits per heavy atom. The summed E-state index contributed by atoms with van der Waals surface area (Å²) in [6.45, 7) is 2.08. The van der Waals surface area contributed by atoms with Gasteiger partial charge in [0.05, 0.1) is 0 Å². The van der Waals surface area contributed by atoms with Gasteiger partial charge < -0.3 is 0 Å². The quantitative estimate of drug-likeness (QED) is 0.538. The Balaban J connectivity index is 2.46. The molecule has 0 nitrogen and oxygen atoms in total. The molecule has 0 atom stereocenters. The van der Waals surface area contributed by atoms with Gasteiger partial charge >= 0.3 is 0 Å². The highest BCUT2D eigenvalue weighted by molar-refractivity contribution is 5.16. The van der Waals surface area contributed by atoms with E-state index in [1.54, 1.807) is 5.57 Å². The third kappa shape index (κ3) is 3.56. The van der Waals surface area contributed by atoms with Gasteiger partial charge in [-0.15, -0.1) is 0 Å². The first-order chi connectivity index (χ1) is 5.93. The molecule has 0 aromatic heterocycles. The third-order valence-electron chi connectivity index (χ3n) is 2.20. The molecule has 0 unspecified atom stereocenters. The summed E-state index contributed by atoms with van der Waals surface area (Å²) in [5.41, 5.74) is 1.57. The van der Waals surface area contributed by atoms with E-state index in [0.29, 0.717) is 0 Å². The predicted molar refractivity (Wildman–Crippen MR) is 55.1 cm³/mol. The van der Waals surface area contributed by atoms with E-state index in [2.05, 4.69) is 37.3 Å². The Bertz CT molecular complexity index is 194. The van der Waals surface area contributed by atoms with Crippen molar-refractivity contribution in [3.05, 3.63) is 36.0 Å². The van der Waals surface area contributed by atoms with Gasteiger partial charge in [0.15, 0.2) is 0 Å². The smallest absolute Gasteiger partial charge is 0.0136 e. The maximum Gasteiger partial charge on any atom is -0.0136 e. The Morgan fingerprint density at radius 3 is 3.17 bits per heavy atom. The van der Waals surface area contributed by atoms with Crippen molar-refractivity contribution >= 4 is 0 Å². The first kappa shape index (κ1) is 9.31. The molecule has 0 radical (unpaired) electrons. The van der Waals surface area contributed by atoms with E-state index in [9.17, 15) is 0 Å². The Morgan fingerprint density at radius 2 is 2.33 bits per heavy atom. The summed E-state index contributed by atoms with van der Waals surface area (Å²) >= 11 is 0. The zero-order valence-electron chi connectivity index (χ0n) is 7.92. The lowest BCUT2D eigenvalue weighted by Crippen LogP contribution is -1.85. The molecule has 0 N–H and O–H groups in total. The van der Waals surface area contributed by atoms with Gasteiger partial charge in [-0.25, -0.2) is 0 Å². The van der Waals surface area contributed by atoms with E-state index in [0.717, 1.165) is 6.42 Å². The van der Waals surface area contributed by atoms with Crippen LogP contribution in [0.2, 0.25) is 0 Å². The molecule has 1 rings (SSSR count). The zero-order valence-corrected chi connectivity index (χ0v) is 7.92. The van der Waals surface area contributed by atoms with Crippen LogP contribution in [0.15, 0.2) is 36.0 Å². The normalized spacial score (nSPS) is 25.9. The fraction of sp³-hybridized carbons (Fsp3) is 0.500. The molecule has 0 spiro atoms. The largest absolute Gasteiger partial charge is 0.0913 e. The summed E-state index contributed by atoms with van der Waals surface area (Å²) in [5.74, 6) is 0. The lowest BCUT2D eigenvalue weighted by Gasteiger charge is -2.05. The van der Waals surface area contributed by atoms with Crippen LogP contribution in [0.3, 0.4) is 0 Å². The molecule has 0 saturated carbocycles. The van der Waals surface area contributed by atoms with Crippen molar-refractivity contribution < 1.29 is 0 Å². The van der Waals surface area contributed by atoms with Crippen molar-refractivity contribution in [2.24, 2.45) is 0 Å². The Kier molecular flexibility index (Phi) is 4.51. The van der Waals surface area contributed by atoms with Gasteiger partial charge in [0.1, 0.15) is 0 Å². The third-order valence-corrected chi connectivity index (χ3v) is 2.20. The monoisotopic (exact) mass is 162 g/mol. The first-order valence-electron chi connectivity index (χ1n) is 4.89. The minimum atomic E-state index is 1.14. The maximum atomic E-state index is 2.28. The molecule has 1 aliphatic rings. The topological polar surface area (TPSA) is 0 Å². The van der Waals surface area contributed by atoms with Crippen molar-refractivity contribution in [3.63, 3.8) is 0 Å². The highest BCUT2D eigenvalue weighted by Crippen LogP contribution is 2.16. The summed E-state index contributed by atoms with van der Waals surface area (Å²) in [6, 6.07) is 0. The lowest BCUT2D eigenvalue weighted by atomic mass is 10.0. The molecule has 0 bridgehead atoms. The molecular weight excluding hydrogens is 144 g/mol. The van der Waals surface area contributed by atoms with Gasteiger partial charge in [-0.2, -0.15) is 0 Å². The van der Waals surface area contributed by atoms with E-state index in [1.807, 2.05) is 0 Å². The molecule has 0 heteroatoms. The fourth-order valence-electron chi connectivity index (χ4n) is 1.44. The molecule has 12 heavy (non-hydrogen) atoms. The minimum absolute atomic E-state index is 1.14. The molecule has 0 aromatic rings. The van der Waals surface area contributed by atoms with E-state index in [1.165, 1.54) is 25.7 Å². The second-order valence-electron chi connectivity index (χ2n) is 3.27. The van der Waals surface area contributed by atoms with Crippen LogP contribution in [0, 0.1) is 0 Å². The molecule has 66 valence electrons. The van der Waals surface area contributed by atoms with Gasteiger partial charge in [0.2, 0.25) is 0 Å². The van der Waals surface area contributed by atoms with Crippen LogP contribution in [0.5, 0.6) is 0 Å². The van der Waals surface area contributed by atoms with Crippen molar-refractivity contribution in [2.75, 3.05) is 0 Å². The fourth-order valence-corrected chi connectivity index (χ4v) is 1.44. The van der Waals surface area contributed by atoms with Crippen molar-refractivity contribution in [2.45, 2.75) is 39.0 Å². The standard InChI is InChI=1S/C12H18/c1-2-3-9-12-10-7-5-4-6-8-11-12/h2-3,5,7,10H,4,6,8-9,11H2,1H3/b3-2+,7-5-,12-10-. The van der Waals surface area contributed by atoms with Crippen LogP contribution in [0.4, 0.5) is 0 Å². The van der Waals surface area contributed by atoms with Crippen molar-refractivity contribution in [3.8, 4) is 0 Å². The average molecular weight is 162 g/mol. The van der Waals surface area contributed by atoms with Crippen molar-refractivity contribution in [1.29, 1.82) is 0 Å². The lowest BCUT2D eigenvalue weighted by molar-refractivity contribution is 0.729. The second kappa shape index (κ2) is 5.82. The molecule has 0 amide bonds. The zero-order chi connectivity index (χ0) is 8.65. The number of allylic oxidation sites excluding steroid dienone is 6. The molecular formula is C12H18. The van der Waals surface area contributed by atoms with Crippen LogP contribution in [-0.4, -0.2) is 0 Å². The SMILES string of the molecule is C/C=C/C/C1=C/C=C\CCCC1. The van der Waals surface area contributed by atoms with Crippen LogP contribution in [0.1, 0.15) is 39.0 Å². The summed E-state index contributed by atoms with van der Waals surface area (Å²) < 4.78 is 0. The summed E-state index contributed by atoms with van der Waals surface area (Å²) in [4.78, 5) is 0. The van der Waals surface area contributed by atoms with Crippen LogP contribution < -0.4 is 0 Å². The summed E-state index contributed by atoms with van der Waals surface area (Å²) in [6.07, 6.45) is 17.5. The first-order valence-corrected chi connectivity index (χ1v) is 4.89. The average Bonchev–Trinajstić information content (AvgIpc) is 2.02. The van der Waals surface area contributed by atoms with Crippen LogP contribution in [-0.2, 0) is 0 Å². The molecule has 0 fully saturated rings. The summed E-state index contributed by atoms with van der Waals surface area (Å²) in [7, 11) is 0. The van der Waals surface area contributed by atoms with Gasteiger partial charge in [-0.1, -0.05) is 36.0 Å². The predicted octanol–water partition coefficient (Wildman–Crippen LogP) is 4.01. The summed E-state index contributed by atoms with van der Waals surface area (Å²) in [5, 5.41) is 0. The number of hydrogen-bond donors (Lipinski definition) is 0. The van der Waals surface area contributed by atoms with E-state index < -0.39 is 0 Å². The highest BCUT2D eigenvalue weighted by Gasteiger charge is 1.96. The van der Waals surface area contributed by atoms with Gasteiger partial charge in [-0.05, 0) is 39.0 Å². The van der Waals surface area contributed by atoms with Gasteiger partial charge in [0.25, 0.3) is 0 Å². The van der Waals surface area contributed by atoms with Crippen LogP contribution >= 0.6 is 0 Å². The molecule has 0 aliphatic heterocycles. The van der Waals surface area contributed by atoms with E-state index in [-0.39, 0.29) is 0 Å². The minimum Gasteiger partial charge on any atom is -0.0913 e. The molecule has 1 aliphatic carbocycles. The number of hydrogen-bond acceptors (Lipinski definition) is 0. The van der Waals surface area contributed by atoms with E-state index >= 15 is 0 Å². The van der Waals surface area contributed by atoms with Gasteiger partial charge in [-0.3, -0.25) is 0 Å². The Hall–Kier alpha value is -0.780. The highest BCUT2D eigenvalue weighted by atomic mass is 14.0. The molecule has 0 aromatic carbocycles. The van der Waals surface area contributed by atoms with E-state index in [4.69, 9.17) is 0 Å². The molecule has 0 heterocycles. The molecule has 0 saturated heterocycles. The van der Waals surface area contributed by atoms with Gasteiger partial charge in [0, 0.05) is 0 Å².